The Bertz CT molecular complexity index is 3010. The molecule has 2 saturated carbocycles. The number of sulfonamides is 2. The molecule has 18 heteroatoms. The number of hydrogen-bond donors (Lipinski definition) is 4. The van der Waals surface area contributed by atoms with Crippen molar-refractivity contribution in [2.45, 2.75) is 163 Å². The van der Waals surface area contributed by atoms with Gasteiger partial charge in [-0.1, -0.05) is 74.9 Å². The number of anilines is 2. The van der Waals surface area contributed by atoms with E-state index < -0.39 is 42.4 Å². The molecule has 4 aromatic rings. The molecular weight excluding hydrogens is 1100 g/mol. The minimum absolute atomic E-state index is 0.224. The molecular formula is C62H78Cl2N4O10S2. The summed E-state index contributed by atoms with van der Waals surface area (Å²) >= 11 is 12.7. The van der Waals surface area contributed by atoms with Crippen LogP contribution < -0.4 is 28.7 Å². The fourth-order valence-corrected chi connectivity index (χ4v) is 18.1. The zero-order valence-corrected chi connectivity index (χ0v) is 49.3. The van der Waals surface area contributed by atoms with E-state index in [0.717, 1.165) is 112 Å². The minimum atomic E-state index is -3.84. The summed E-state index contributed by atoms with van der Waals surface area (Å²) in [5, 5.41) is 22.4. The first-order valence-corrected chi connectivity index (χ1v) is 33.3. The summed E-state index contributed by atoms with van der Waals surface area (Å²) in [6.45, 7) is 7.64. The Hall–Kier alpha value is -4.58. The summed E-state index contributed by atoms with van der Waals surface area (Å²) in [4.78, 5) is 31.2. The molecule has 4 aliphatic heterocycles. The average molecular weight is 1170 g/mol. The van der Waals surface area contributed by atoms with Gasteiger partial charge in [-0.2, -0.15) is 0 Å². The van der Waals surface area contributed by atoms with E-state index in [-0.39, 0.29) is 34.9 Å². The van der Waals surface area contributed by atoms with E-state index in [0.29, 0.717) is 99.0 Å². The molecule has 12 rings (SSSR count). The van der Waals surface area contributed by atoms with Gasteiger partial charge < -0.3 is 29.5 Å². The molecule has 10 atom stereocenters. The van der Waals surface area contributed by atoms with Crippen LogP contribution in [0.5, 0.6) is 11.5 Å². The van der Waals surface area contributed by atoms with Gasteiger partial charge in [0, 0.05) is 58.2 Å². The predicted octanol–water partition coefficient (Wildman–Crippen LogP) is 10.4. The number of carbonyl (C=O) groups is 2. The Kier molecular flexibility index (Phi) is 16.6. The smallest absolute Gasteiger partial charge is 0.264 e. The number of aliphatic hydroxyl groups is 2. The summed E-state index contributed by atoms with van der Waals surface area (Å²) < 4.78 is 70.2. The highest BCUT2D eigenvalue weighted by Gasteiger charge is 2.48. The van der Waals surface area contributed by atoms with Gasteiger partial charge in [0.2, 0.25) is 20.0 Å². The highest BCUT2D eigenvalue weighted by molar-refractivity contribution is 7.91. The fourth-order valence-electron chi connectivity index (χ4n) is 14.8. The van der Waals surface area contributed by atoms with Gasteiger partial charge in [-0.3, -0.25) is 9.59 Å². The van der Waals surface area contributed by atoms with Crippen molar-refractivity contribution in [3.8, 4) is 11.5 Å². The van der Waals surface area contributed by atoms with Gasteiger partial charge in [-0.05, 0) is 196 Å². The van der Waals surface area contributed by atoms with E-state index in [9.17, 15) is 36.6 Å². The van der Waals surface area contributed by atoms with Crippen molar-refractivity contribution in [2.24, 2.45) is 23.7 Å². The number of halogens is 2. The maximum absolute atomic E-state index is 13.3. The number of rotatable bonds is 2. The third-order valence-electron chi connectivity index (χ3n) is 19.8. The predicted molar refractivity (Wildman–Crippen MR) is 314 cm³/mol. The highest BCUT2D eigenvalue weighted by atomic mass is 35.5. The number of benzene rings is 4. The Morgan fingerprint density at radius 2 is 0.975 bits per heavy atom. The third kappa shape index (κ3) is 11.4. The molecule has 0 unspecified atom stereocenters. The number of ether oxygens (including phenoxy) is 2. The van der Waals surface area contributed by atoms with Crippen molar-refractivity contribution in [1.82, 2.24) is 9.44 Å². The molecule has 4 aliphatic carbocycles. The normalized spacial score (nSPS) is 31.8. The zero-order valence-electron chi connectivity index (χ0n) is 46.1. The van der Waals surface area contributed by atoms with E-state index in [1.807, 2.05) is 26.0 Å². The van der Waals surface area contributed by atoms with Crippen molar-refractivity contribution in [3.63, 3.8) is 0 Å². The number of nitrogens with one attached hydrogen (secondary N) is 2. The lowest BCUT2D eigenvalue weighted by atomic mass is 9.69. The summed E-state index contributed by atoms with van der Waals surface area (Å²) in [7, 11) is -7.67. The van der Waals surface area contributed by atoms with E-state index in [4.69, 9.17) is 32.7 Å². The maximum atomic E-state index is 13.3. The van der Waals surface area contributed by atoms with Crippen LogP contribution in [0.25, 0.3) is 0 Å². The van der Waals surface area contributed by atoms with Gasteiger partial charge in [-0.25, -0.2) is 26.3 Å². The molecule has 0 radical (unpaired) electrons. The molecule has 4 heterocycles. The minimum Gasteiger partial charge on any atom is -0.490 e. The van der Waals surface area contributed by atoms with Crippen LogP contribution in [0.4, 0.5) is 11.4 Å². The first-order chi connectivity index (χ1) is 38.4. The number of aliphatic hydroxyl groups excluding tert-OH is 2. The number of amides is 2. The molecule has 432 valence electrons. The van der Waals surface area contributed by atoms with Crippen LogP contribution >= 0.6 is 23.2 Å². The molecule has 2 spiro atoms. The number of hydrogen-bond acceptors (Lipinski definition) is 12. The standard InChI is InChI=1S/2C31H39ClN2O5S/c2*1-2-24-5-3-4-6-28(35)25-10-7-22(25)17-34-18-31(14-13-20-15-23(32)9-11-26(20)31)19-39-29-12-8-21(16-27(29)34)30(36)33-40(24,37)38/h2*8-9,11-12,15-16,22,24-25,28,35H,2-7,10,13-14,17-19H2,1H3,(H,33,36)/t22-,24+,25+,28-,31-;22-,24-,25+,28-,31-/m00/s1. The van der Waals surface area contributed by atoms with Gasteiger partial charge in [0.15, 0.2) is 0 Å². The molecule has 4 N–H and O–H groups in total. The van der Waals surface area contributed by atoms with Crippen LogP contribution in [0.3, 0.4) is 0 Å². The lowest BCUT2D eigenvalue weighted by Gasteiger charge is -2.44. The first-order valence-electron chi connectivity index (χ1n) is 29.5. The van der Waals surface area contributed by atoms with Crippen molar-refractivity contribution in [3.05, 3.63) is 116 Å². The summed E-state index contributed by atoms with van der Waals surface area (Å²) in [6.07, 6.45) is 13.2. The molecule has 4 bridgehead atoms. The largest absolute Gasteiger partial charge is 0.490 e. The van der Waals surface area contributed by atoms with Crippen LogP contribution in [0.2, 0.25) is 10.0 Å². The molecule has 80 heavy (non-hydrogen) atoms. The van der Waals surface area contributed by atoms with Gasteiger partial charge in [-0.15, -0.1) is 0 Å². The number of aryl methyl sites for hydroxylation is 2. The second-order valence-electron chi connectivity index (χ2n) is 24.6. The number of fused-ring (bicyclic) bond motifs is 8. The summed E-state index contributed by atoms with van der Waals surface area (Å²) in [5.74, 6) is 1.32. The van der Waals surface area contributed by atoms with Gasteiger partial charge >= 0.3 is 0 Å². The van der Waals surface area contributed by atoms with Crippen LogP contribution in [-0.2, 0) is 43.7 Å². The Morgan fingerprint density at radius 1 is 0.562 bits per heavy atom. The van der Waals surface area contributed by atoms with Crippen molar-refractivity contribution in [1.29, 1.82) is 0 Å². The van der Waals surface area contributed by atoms with Crippen molar-refractivity contribution in [2.75, 3.05) is 49.2 Å². The second kappa shape index (κ2) is 23.2. The Morgan fingerprint density at radius 3 is 1.36 bits per heavy atom. The molecule has 14 nitrogen and oxygen atoms in total. The molecule has 2 amide bonds. The molecule has 4 aromatic carbocycles. The van der Waals surface area contributed by atoms with Gasteiger partial charge in [0.1, 0.15) is 11.5 Å². The van der Waals surface area contributed by atoms with Crippen molar-refractivity contribution >= 4 is 66.4 Å². The quantitative estimate of drug-likeness (QED) is 0.149. The molecule has 8 aliphatic rings. The van der Waals surface area contributed by atoms with E-state index in [2.05, 4.69) is 43.5 Å². The topological polar surface area (TPSA) is 192 Å². The first kappa shape index (κ1) is 57.2. The van der Waals surface area contributed by atoms with E-state index >= 15 is 0 Å². The van der Waals surface area contributed by atoms with Gasteiger partial charge in [0.25, 0.3) is 11.8 Å². The number of nitrogens with zero attached hydrogens (tertiary/aromatic N) is 2. The van der Waals surface area contributed by atoms with Crippen LogP contribution in [0.15, 0.2) is 72.8 Å². The molecule has 0 saturated heterocycles. The van der Waals surface area contributed by atoms with Crippen molar-refractivity contribution < 1.29 is 46.1 Å². The maximum Gasteiger partial charge on any atom is 0.264 e. The second-order valence-corrected chi connectivity index (χ2v) is 29.4. The van der Waals surface area contributed by atoms with Crippen LogP contribution in [0.1, 0.15) is 160 Å². The lowest BCUT2D eigenvalue weighted by molar-refractivity contribution is 0.00891. The number of carbonyl (C=O) groups excluding carboxylic acids is 2. The summed E-state index contributed by atoms with van der Waals surface area (Å²) in [5.41, 5.74) is 6.80. The van der Waals surface area contributed by atoms with Gasteiger partial charge in [0.05, 0.1) is 47.3 Å². The van der Waals surface area contributed by atoms with Crippen LogP contribution in [0, 0.1) is 23.7 Å². The lowest BCUT2D eigenvalue weighted by Crippen LogP contribution is -2.48. The fraction of sp³-hybridized carbons (Fsp3) is 0.581. The Labute approximate surface area is 482 Å². The average Bonchev–Trinajstić information content (AvgIpc) is 3.91. The van der Waals surface area contributed by atoms with Crippen LogP contribution in [-0.4, -0.2) is 101 Å². The van der Waals surface area contributed by atoms with E-state index in [1.165, 1.54) is 22.3 Å². The molecule has 2 fully saturated rings. The molecule has 0 aromatic heterocycles. The SMILES string of the molecule is CC[C@@H]1CCCC[C@H](O)[C@@H]2CC[C@H]2CN2C[C@@]3(CCc4cc(Cl)ccc43)COc3ccc(cc32)C(=O)NS1(=O)=O.CC[C@H]1CCCC[C@H](O)[C@@H]2CC[C@H]2CN2C[C@@]3(CCc4cc(Cl)ccc43)COc3ccc(cc32)C(=O)NS1(=O)=O. The highest BCUT2D eigenvalue weighted by Crippen LogP contribution is 2.50. The van der Waals surface area contributed by atoms with E-state index in [1.54, 1.807) is 36.4 Å². The summed E-state index contributed by atoms with van der Waals surface area (Å²) in [6, 6.07) is 22.8. The third-order valence-corrected chi connectivity index (χ3v) is 24.1. The monoisotopic (exact) mass is 1170 g/mol. The Balaban J connectivity index is 0.000000169. The zero-order chi connectivity index (χ0) is 56.1.